The maximum absolute atomic E-state index is 12.8. The van der Waals surface area contributed by atoms with E-state index in [2.05, 4.69) is 5.32 Å². The number of fused-ring (bicyclic) bond motifs is 1. The van der Waals surface area contributed by atoms with Gasteiger partial charge in [0.2, 0.25) is 5.95 Å². The second kappa shape index (κ2) is 6.77. The molecule has 29 heavy (non-hydrogen) atoms. The minimum Gasteiger partial charge on any atom is -0.508 e. The Morgan fingerprint density at radius 2 is 2.00 bits per heavy atom. The molecule has 0 amide bonds. The molecule has 0 radical (unpaired) electrons. The van der Waals surface area contributed by atoms with E-state index in [1.165, 1.54) is 0 Å². The molecule has 5 rings (SSSR count). The quantitative estimate of drug-likeness (QED) is 0.711. The van der Waals surface area contributed by atoms with Crippen molar-refractivity contribution in [3.8, 4) is 22.9 Å². The average molecular weight is 388 g/mol. The number of Topliss-reactive ketones (excluding diaryl/α,β-unsaturated/α-hetero) is 1. The molecule has 146 valence electrons. The fourth-order valence-corrected chi connectivity index (χ4v) is 4.01. The van der Waals surface area contributed by atoms with Crippen LogP contribution in [0, 0.1) is 0 Å². The van der Waals surface area contributed by atoms with Crippen molar-refractivity contribution in [2.75, 3.05) is 12.4 Å². The third kappa shape index (κ3) is 2.95. The number of ketones is 1. The Labute approximate surface area is 167 Å². The highest BCUT2D eigenvalue weighted by Crippen LogP contribution is 2.41. The Hall–Kier alpha value is -3.61. The van der Waals surface area contributed by atoms with E-state index < -0.39 is 0 Å². The number of carbonyl (C=O) groups is 1. The molecule has 7 heteroatoms. The Bertz CT molecular complexity index is 1130. The van der Waals surface area contributed by atoms with Crippen molar-refractivity contribution in [2.45, 2.75) is 25.3 Å². The third-order valence-corrected chi connectivity index (χ3v) is 5.40. The van der Waals surface area contributed by atoms with Gasteiger partial charge in [0.15, 0.2) is 11.6 Å². The van der Waals surface area contributed by atoms with E-state index in [1.54, 1.807) is 23.9 Å². The van der Waals surface area contributed by atoms with Crippen LogP contribution in [0.3, 0.4) is 0 Å². The number of rotatable bonds is 3. The Morgan fingerprint density at radius 3 is 2.79 bits per heavy atom. The number of aromatic hydroxyl groups is 1. The zero-order valence-corrected chi connectivity index (χ0v) is 15.9. The first kappa shape index (κ1) is 17.5. The van der Waals surface area contributed by atoms with Gasteiger partial charge in [-0.05, 0) is 42.7 Å². The molecule has 0 saturated heterocycles. The van der Waals surface area contributed by atoms with Gasteiger partial charge in [0, 0.05) is 23.3 Å². The predicted octanol–water partition coefficient (Wildman–Crippen LogP) is 3.68. The van der Waals surface area contributed by atoms with Crippen molar-refractivity contribution < 1.29 is 14.6 Å². The van der Waals surface area contributed by atoms with Crippen LogP contribution in [0.25, 0.3) is 11.4 Å². The number of methoxy groups -OCH3 is 1. The van der Waals surface area contributed by atoms with Gasteiger partial charge in [-0.25, -0.2) is 4.68 Å². The highest BCUT2D eigenvalue weighted by Gasteiger charge is 2.36. The maximum atomic E-state index is 12.8. The average Bonchev–Trinajstić information content (AvgIpc) is 3.17. The van der Waals surface area contributed by atoms with Crippen LogP contribution in [0.4, 0.5) is 5.95 Å². The number of aromatic nitrogens is 3. The normalized spacial score (nSPS) is 18.1. The molecular formula is C22H20N4O3. The zero-order chi connectivity index (χ0) is 20.0. The summed E-state index contributed by atoms with van der Waals surface area (Å²) in [5.41, 5.74) is 3.37. The van der Waals surface area contributed by atoms with Gasteiger partial charge in [-0.15, -0.1) is 5.10 Å². The molecule has 0 saturated carbocycles. The Kier molecular flexibility index (Phi) is 4.08. The number of nitrogens with zero attached hydrogens (tertiary/aromatic N) is 3. The molecule has 1 aliphatic heterocycles. The molecule has 2 aromatic carbocycles. The lowest BCUT2D eigenvalue weighted by molar-refractivity contribution is -0.116. The monoisotopic (exact) mass is 388 g/mol. The zero-order valence-electron chi connectivity index (χ0n) is 15.9. The van der Waals surface area contributed by atoms with Crippen LogP contribution in [0.5, 0.6) is 11.5 Å². The van der Waals surface area contributed by atoms with Crippen molar-refractivity contribution in [1.82, 2.24) is 14.8 Å². The van der Waals surface area contributed by atoms with Crippen LogP contribution in [0.2, 0.25) is 0 Å². The van der Waals surface area contributed by atoms with E-state index in [0.29, 0.717) is 18.2 Å². The third-order valence-electron chi connectivity index (χ3n) is 5.40. The summed E-state index contributed by atoms with van der Waals surface area (Å²) in [4.78, 5) is 17.5. The molecule has 1 unspecified atom stereocenters. The van der Waals surface area contributed by atoms with Crippen molar-refractivity contribution in [1.29, 1.82) is 0 Å². The van der Waals surface area contributed by atoms with E-state index >= 15 is 0 Å². The molecule has 1 aliphatic carbocycles. The molecule has 0 bridgehead atoms. The molecule has 2 heterocycles. The fraction of sp³-hybridized carbons (Fsp3) is 0.227. The Balaban J connectivity index is 1.66. The number of anilines is 1. The first-order valence-electron chi connectivity index (χ1n) is 9.57. The van der Waals surface area contributed by atoms with E-state index in [0.717, 1.165) is 41.0 Å². The van der Waals surface area contributed by atoms with E-state index in [4.69, 9.17) is 14.8 Å². The summed E-state index contributed by atoms with van der Waals surface area (Å²) < 4.78 is 7.08. The molecule has 1 aromatic heterocycles. The van der Waals surface area contributed by atoms with Gasteiger partial charge < -0.3 is 15.2 Å². The highest BCUT2D eigenvalue weighted by atomic mass is 16.5. The summed E-state index contributed by atoms with van der Waals surface area (Å²) in [5, 5.41) is 17.8. The molecular weight excluding hydrogens is 368 g/mol. The summed E-state index contributed by atoms with van der Waals surface area (Å²) in [7, 11) is 1.62. The molecule has 0 spiro atoms. The lowest BCUT2D eigenvalue weighted by Gasteiger charge is -2.32. The SMILES string of the molecule is COc1cccc(-c2nc3n(n2)C(c2ccc(O)cc2)C2=C(CCCC2=O)N3)c1. The topological polar surface area (TPSA) is 89.3 Å². The number of benzene rings is 2. The van der Waals surface area contributed by atoms with E-state index in [1.807, 2.05) is 36.4 Å². The molecule has 0 fully saturated rings. The number of phenolic OH excluding ortho intramolecular Hbond substituents is 1. The summed E-state index contributed by atoms with van der Waals surface area (Å²) in [6.07, 6.45) is 2.16. The Morgan fingerprint density at radius 1 is 1.17 bits per heavy atom. The van der Waals surface area contributed by atoms with Gasteiger partial charge >= 0.3 is 0 Å². The van der Waals surface area contributed by atoms with Gasteiger partial charge in [-0.3, -0.25) is 4.79 Å². The van der Waals surface area contributed by atoms with Gasteiger partial charge in [-0.1, -0.05) is 24.3 Å². The minimum absolute atomic E-state index is 0.126. The minimum atomic E-state index is -0.374. The number of ether oxygens (including phenoxy) is 1. The van der Waals surface area contributed by atoms with E-state index in [9.17, 15) is 9.90 Å². The van der Waals surface area contributed by atoms with Crippen LogP contribution < -0.4 is 10.1 Å². The van der Waals surface area contributed by atoms with Crippen molar-refractivity contribution in [2.24, 2.45) is 0 Å². The highest BCUT2D eigenvalue weighted by molar-refractivity contribution is 5.99. The van der Waals surface area contributed by atoms with Crippen molar-refractivity contribution in [3.05, 3.63) is 65.4 Å². The van der Waals surface area contributed by atoms with Crippen molar-refractivity contribution >= 4 is 11.7 Å². The van der Waals surface area contributed by atoms with Crippen LogP contribution >= 0.6 is 0 Å². The predicted molar refractivity (Wildman–Crippen MR) is 108 cm³/mol. The molecule has 1 atom stereocenters. The second-order valence-electron chi connectivity index (χ2n) is 7.22. The summed E-state index contributed by atoms with van der Waals surface area (Å²) in [5.74, 6) is 2.20. The van der Waals surface area contributed by atoms with Crippen molar-refractivity contribution in [3.63, 3.8) is 0 Å². The number of hydrogen-bond acceptors (Lipinski definition) is 6. The van der Waals surface area contributed by atoms with Gasteiger partial charge in [0.05, 0.1) is 7.11 Å². The van der Waals surface area contributed by atoms with Gasteiger partial charge in [-0.2, -0.15) is 4.98 Å². The lowest BCUT2D eigenvalue weighted by Crippen LogP contribution is -2.31. The molecule has 3 aromatic rings. The van der Waals surface area contributed by atoms with Gasteiger partial charge in [0.1, 0.15) is 17.5 Å². The van der Waals surface area contributed by atoms with Crippen LogP contribution in [-0.4, -0.2) is 32.8 Å². The smallest absolute Gasteiger partial charge is 0.226 e. The summed E-state index contributed by atoms with van der Waals surface area (Å²) >= 11 is 0. The fourth-order valence-electron chi connectivity index (χ4n) is 4.01. The van der Waals surface area contributed by atoms with Crippen LogP contribution in [0.1, 0.15) is 30.9 Å². The largest absolute Gasteiger partial charge is 0.508 e. The molecule has 2 aliphatic rings. The van der Waals surface area contributed by atoms with Gasteiger partial charge in [0.25, 0.3) is 0 Å². The van der Waals surface area contributed by atoms with E-state index in [-0.39, 0.29) is 17.6 Å². The molecule has 2 N–H and O–H groups in total. The maximum Gasteiger partial charge on any atom is 0.226 e. The summed E-state index contributed by atoms with van der Waals surface area (Å²) in [6.45, 7) is 0. The lowest BCUT2D eigenvalue weighted by atomic mass is 9.85. The number of carbonyl (C=O) groups excluding carboxylic acids is 1. The first-order valence-corrected chi connectivity index (χ1v) is 9.57. The first-order chi connectivity index (χ1) is 14.1. The number of phenols is 1. The number of nitrogens with one attached hydrogen (secondary N) is 1. The standard InChI is InChI=1S/C22H20N4O3/c1-29-16-5-2-4-14(12-16)21-24-22-23-17-6-3-7-18(28)19(17)20(26(22)25-21)13-8-10-15(27)11-9-13/h2,4-5,8-12,20,27H,3,6-7H2,1H3,(H,23,24,25). The van der Waals surface area contributed by atoms with Crippen LogP contribution in [0.15, 0.2) is 59.8 Å². The number of allylic oxidation sites excluding steroid dienone is 2. The summed E-state index contributed by atoms with van der Waals surface area (Å²) in [6, 6.07) is 14.1. The van der Waals surface area contributed by atoms with Crippen LogP contribution in [-0.2, 0) is 4.79 Å². The molecule has 7 nitrogen and oxygen atoms in total. The second-order valence-corrected chi connectivity index (χ2v) is 7.22. The number of hydrogen-bond donors (Lipinski definition) is 2.